The molecule has 2 heterocycles. The van der Waals surface area contributed by atoms with E-state index in [2.05, 4.69) is 27.5 Å². The van der Waals surface area contributed by atoms with Crippen LogP contribution in [0.5, 0.6) is 0 Å². The van der Waals surface area contributed by atoms with Crippen molar-refractivity contribution in [3.05, 3.63) is 48.5 Å². The van der Waals surface area contributed by atoms with Crippen molar-refractivity contribution in [3.8, 4) is 11.4 Å². The molecule has 0 bridgehead atoms. The maximum atomic E-state index is 12.4. The van der Waals surface area contributed by atoms with Gasteiger partial charge in [-0.2, -0.15) is 0 Å². The Morgan fingerprint density at radius 3 is 2.65 bits per heavy atom. The number of anilines is 1. The molecule has 1 amide bonds. The number of aromatic nitrogens is 2. The van der Waals surface area contributed by atoms with Gasteiger partial charge in [0.1, 0.15) is 5.82 Å². The standard InChI is InChI=1S/C20H22N4O.ClH/c1-13-12-15(10-11-21-13)20(25)22-16-8-6-14(7-9-16)19-23-17-4-2-3-5-18(17)24-19;/h2-9,13,15,21H,10-12H2,1H3,(H,22,25)(H,23,24);1H/t13-,15-;/m0./s1. The lowest BCUT2D eigenvalue weighted by Crippen LogP contribution is -2.40. The van der Waals surface area contributed by atoms with Gasteiger partial charge in [-0.1, -0.05) is 12.1 Å². The molecule has 1 aliphatic rings. The first kappa shape index (κ1) is 18.4. The fraction of sp³-hybridized carbons (Fsp3) is 0.300. The summed E-state index contributed by atoms with van der Waals surface area (Å²) in [6.45, 7) is 3.03. The number of benzene rings is 2. The third-order valence-corrected chi connectivity index (χ3v) is 4.81. The highest BCUT2D eigenvalue weighted by atomic mass is 35.5. The summed E-state index contributed by atoms with van der Waals surface area (Å²) in [6.07, 6.45) is 1.79. The molecule has 0 spiro atoms. The van der Waals surface area contributed by atoms with Crippen LogP contribution in [0.15, 0.2) is 48.5 Å². The van der Waals surface area contributed by atoms with Gasteiger partial charge in [-0.3, -0.25) is 4.79 Å². The number of carbonyl (C=O) groups excluding carboxylic acids is 1. The summed E-state index contributed by atoms with van der Waals surface area (Å²) in [6, 6.07) is 16.2. The quantitative estimate of drug-likeness (QED) is 0.653. The van der Waals surface area contributed by atoms with E-state index in [1.807, 2.05) is 48.5 Å². The summed E-state index contributed by atoms with van der Waals surface area (Å²) in [5, 5.41) is 6.42. The first-order chi connectivity index (χ1) is 12.2. The number of para-hydroxylation sites is 2. The second-order valence-electron chi connectivity index (χ2n) is 6.75. The third-order valence-electron chi connectivity index (χ3n) is 4.81. The Kier molecular flexibility index (Phi) is 5.59. The first-order valence-electron chi connectivity index (χ1n) is 8.78. The minimum absolute atomic E-state index is 0. The summed E-state index contributed by atoms with van der Waals surface area (Å²) in [5.74, 6) is 1.04. The highest BCUT2D eigenvalue weighted by Crippen LogP contribution is 2.23. The Morgan fingerprint density at radius 2 is 1.92 bits per heavy atom. The molecule has 0 radical (unpaired) electrons. The third kappa shape index (κ3) is 3.89. The number of hydrogen-bond acceptors (Lipinski definition) is 3. The van der Waals surface area contributed by atoms with E-state index in [-0.39, 0.29) is 24.2 Å². The van der Waals surface area contributed by atoms with Crippen LogP contribution < -0.4 is 10.6 Å². The van der Waals surface area contributed by atoms with Crippen LogP contribution in [-0.2, 0) is 4.79 Å². The lowest BCUT2D eigenvalue weighted by molar-refractivity contribution is -0.120. The van der Waals surface area contributed by atoms with Crippen molar-refractivity contribution >= 4 is 35.0 Å². The zero-order valence-electron chi connectivity index (χ0n) is 14.7. The summed E-state index contributed by atoms with van der Waals surface area (Å²) >= 11 is 0. The van der Waals surface area contributed by atoms with E-state index in [1.54, 1.807) is 0 Å². The molecule has 2 atom stereocenters. The summed E-state index contributed by atoms with van der Waals surface area (Å²) in [4.78, 5) is 20.4. The first-order valence-corrected chi connectivity index (χ1v) is 8.78. The van der Waals surface area contributed by atoms with Crippen molar-refractivity contribution in [2.75, 3.05) is 11.9 Å². The summed E-state index contributed by atoms with van der Waals surface area (Å²) in [7, 11) is 0. The molecule has 1 aromatic heterocycles. The smallest absolute Gasteiger partial charge is 0.227 e. The van der Waals surface area contributed by atoms with Crippen LogP contribution in [0, 0.1) is 5.92 Å². The van der Waals surface area contributed by atoms with Crippen LogP contribution >= 0.6 is 12.4 Å². The van der Waals surface area contributed by atoms with Crippen molar-refractivity contribution in [3.63, 3.8) is 0 Å². The topological polar surface area (TPSA) is 69.8 Å². The molecule has 1 fully saturated rings. The molecule has 6 heteroatoms. The minimum atomic E-state index is 0. The van der Waals surface area contributed by atoms with Crippen molar-refractivity contribution < 1.29 is 4.79 Å². The average molecular weight is 371 g/mol. The van der Waals surface area contributed by atoms with E-state index in [0.717, 1.165) is 47.5 Å². The van der Waals surface area contributed by atoms with Crippen molar-refractivity contribution in [1.29, 1.82) is 0 Å². The Morgan fingerprint density at radius 1 is 1.15 bits per heavy atom. The predicted molar refractivity (Wildman–Crippen MR) is 108 cm³/mol. The molecular formula is C20H23ClN4O. The number of rotatable bonds is 3. The average Bonchev–Trinajstić information content (AvgIpc) is 3.06. The summed E-state index contributed by atoms with van der Waals surface area (Å²) in [5.41, 5.74) is 3.81. The van der Waals surface area contributed by atoms with E-state index in [9.17, 15) is 4.79 Å². The normalized spacial score (nSPS) is 19.7. The van der Waals surface area contributed by atoms with E-state index in [4.69, 9.17) is 0 Å². The van der Waals surface area contributed by atoms with Crippen LogP contribution in [0.1, 0.15) is 19.8 Å². The number of nitrogens with one attached hydrogen (secondary N) is 3. The maximum absolute atomic E-state index is 12.4. The number of imidazole rings is 1. The van der Waals surface area contributed by atoms with Gasteiger partial charge < -0.3 is 15.6 Å². The number of piperidine rings is 1. The zero-order valence-corrected chi connectivity index (χ0v) is 15.5. The number of nitrogens with zero attached hydrogens (tertiary/aromatic N) is 1. The Labute approximate surface area is 159 Å². The maximum Gasteiger partial charge on any atom is 0.227 e. The van der Waals surface area contributed by atoms with Gasteiger partial charge in [0.15, 0.2) is 0 Å². The molecule has 0 saturated carbocycles. The van der Waals surface area contributed by atoms with E-state index in [0.29, 0.717) is 6.04 Å². The Hall–Kier alpha value is -2.37. The monoisotopic (exact) mass is 370 g/mol. The molecule has 1 aliphatic heterocycles. The van der Waals surface area contributed by atoms with Gasteiger partial charge in [0, 0.05) is 23.2 Å². The van der Waals surface area contributed by atoms with Gasteiger partial charge in [-0.15, -0.1) is 12.4 Å². The molecular weight excluding hydrogens is 348 g/mol. The summed E-state index contributed by atoms with van der Waals surface area (Å²) < 4.78 is 0. The second-order valence-corrected chi connectivity index (χ2v) is 6.75. The molecule has 136 valence electrons. The van der Waals surface area contributed by atoms with Crippen LogP contribution in [0.2, 0.25) is 0 Å². The Balaban J connectivity index is 0.00000196. The van der Waals surface area contributed by atoms with Gasteiger partial charge in [-0.05, 0) is 62.7 Å². The van der Waals surface area contributed by atoms with E-state index < -0.39 is 0 Å². The molecule has 3 N–H and O–H groups in total. The van der Waals surface area contributed by atoms with Crippen LogP contribution in [-0.4, -0.2) is 28.5 Å². The van der Waals surface area contributed by atoms with Crippen molar-refractivity contribution in [2.24, 2.45) is 5.92 Å². The van der Waals surface area contributed by atoms with Crippen LogP contribution in [0.4, 0.5) is 5.69 Å². The lowest BCUT2D eigenvalue weighted by Gasteiger charge is -2.27. The lowest BCUT2D eigenvalue weighted by atomic mass is 9.92. The second kappa shape index (κ2) is 7.89. The highest BCUT2D eigenvalue weighted by Gasteiger charge is 2.24. The fourth-order valence-corrected chi connectivity index (χ4v) is 3.42. The molecule has 26 heavy (non-hydrogen) atoms. The van der Waals surface area contributed by atoms with Gasteiger partial charge >= 0.3 is 0 Å². The zero-order chi connectivity index (χ0) is 17.2. The number of amides is 1. The highest BCUT2D eigenvalue weighted by molar-refractivity contribution is 5.93. The largest absolute Gasteiger partial charge is 0.338 e. The van der Waals surface area contributed by atoms with Gasteiger partial charge in [0.05, 0.1) is 11.0 Å². The van der Waals surface area contributed by atoms with E-state index >= 15 is 0 Å². The molecule has 2 aromatic carbocycles. The number of H-pyrrole nitrogens is 1. The minimum Gasteiger partial charge on any atom is -0.338 e. The van der Waals surface area contributed by atoms with Gasteiger partial charge in [0.2, 0.25) is 5.91 Å². The molecule has 3 aromatic rings. The fourth-order valence-electron chi connectivity index (χ4n) is 3.42. The molecule has 0 aliphatic carbocycles. The molecule has 0 unspecified atom stereocenters. The van der Waals surface area contributed by atoms with Gasteiger partial charge in [0.25, 0.3) is 0 Å². The van der Waals surface area contributed by atoms with Crippen LogP contribution in [0.3, 0.4) is 0 Å². The number of fused-ring (bicyclic) bond motifs is 1. The Bertz CT molecular complexity index is 857. The predicted octanol–water partition coefficient (Wildman–Crippen LogP) is 3.98. The molecule has 5 nitrogen and oxygen atoms in total. The van der Waals surface area contributed by atoms with E-state index in [1.165, 1.54) is 0 Å². The number of halogens is 1. The number of aromatic amines is 1. The van der Waals surface area contributed by atoms with Crippen LogP contribution in [0.25, 0.3) is 22.4 Å². The number of carbonyl (C=O) groups is 1. The molecule has 4 rings (SSSR count). The molecule has 1 saturated heterocycles. The van der Waals surface area contributed by atoms with Gasteiger partial charge in [-0.25, -0.2) is 4.98 Å². The van der Waals surface area contributed by atoms with Crippen molar-refractivity contribution in [2.45, 2.75) is 25.8 Å². The SMILES string of the molecule is C[C@H]1C[C@@H](C(=O)Nc2ccc(-c3nc4ccccc4[nH]3)cc2)CCN1.Cl. The van der Waals surface area contributed by atoms with Crippen molar-refractivity contribution in [1.82, 2.24) is 15.3 Å². The number of hydrogen-bond donors (Lipinski definition) is 3.